The second-order valence-corrected chi connectivity index (χ2v) is 8.74. The van der Waals surface area contributed by atoms with Crippen LogP contribution < -0.4 is 0 Å². The van der Waals surface area contributed by atoms with Crippen LogP contribution in [0.15, 0.2) is 77.4 Å². The molecule has 5 nitrogen and oxygen atoms in total. The minimum absolute atomic E-state index is 0.140. The van der Waals surface area contributed by atoms with Crippen molar-refractivity contribution >= 4 is 11.9 Å². The number of esters is 2. The van der Waals surface area contributed by atoms with Gasteiger partial charge in [-0.05, 0) is 60.1 Å². The van der Waals surface area contributed by atoms with E-state index in [0.29, 0.717) is 17.4 Å². The predicted octanol–water partition coefficient (Wildman–Crippen LogP) is 4.64. The zero-order valence-corrected chi connectivity index (χ0v) is 16.8. The first-order chi connectivity index (χ1) is 15.2. The van der Waals surface area contributed by atoms with Gasteiger partial charge in [-0.1, -0.05) is 42.5 Å². The molecule has 2 bridgehead atoms. The summed E-state index contributed by atoms with van der Waals surface area (Å²) in [7, 11) is 0. The molecule has 3 aliphatic carbocycles. The molecule has 1 heterocycles. The van der Waals surface area contributed by atoms with Crippen LogP contribution in [-0.2, 0) is 15.9 Å². The summed E-state index contributed by atoms with van der Waals surface area (Å²) in [6.07, 6.45) is 2.39. The van der Waals surface area contributed by atoms with Gasteiger partial charge in [0.1, 0.15) is 12.2 Å². The summed E-state index contributed by atoms with van der Waals surface area (Å²) >= 11 is 0. The van der Waals surface area contributed by atoms with E-state index in [-0.39, 0.29) is 23.6 Å². The maximum atomic E-state index is 12.9. The molecular formula is C26H22O5. The summed E-state index contributed by atoms with van der Waals surface area (Å²) in [4.78, 5) is 25.6. The lowest BCUT2D eigenvalue weighted by Crippen LogP contribution is -2.45. The van der Waals surface area contributed by atoms with Crippen LogP contribution in [0.2, 0.25) is 0 Å². The largest absolute Gasteiger partial charge is 0.457 e. The molecule has 6 unspecified atom stereocenters. The molecule has 6 rings (SSSR count). The van der Waals surface area contributed by atoms with Crippen molar-refractivity contribution in [2.24, 2.45) is 17.8 Å². The summed E-state index contributed by atoms with van der Waals surface area (Å²) in [5, 5.41) is 0. The van der Waals surface area contributed by atoms with Crippen LogP contribution in [-0.4, -0.2) is 24.1 Å². The quantitative estimate of drug-likeness (QED) is 0.582. The van der Waals surface area contributed by atoms with Crippen molar-refractivity contribution in [1.82, 2.24) is 0 Å². The molecule has 2 fully saturated rings. The molecule has 2 saturated carbocycles. The second kappa shape index (κ2) is 7.12. The number of ether oxygens (including phenoxy) is 2. The molecule has 0 N–H and O–H groups in total. The summed E-state index contributed by atoms with van der Waals surface area (Å²) < 4.78 is 17.2. The Balaban J connectivity index is 1.32. The van der Waals surface area contributed by atoms with Crippen LogP contribution in [0.3, 0.4) is 0 Å². The van der Waals surface area contributed by atoms with Gasteiger partial charge in [0.05, 0.1) is 11.8 Å². The average molecular weight is 414 g/mol. The van der Waals surface area contributed by atoms with Crippen LogP contribution in [0.1, 0.15) is 44.4 Å². The average Bonchev–Trinajstić information content (AvgIpc) is 3.57. The number of carbonyl (C=O) groups excluding carboxylic acids is 2. The normalized spacial score (nSPS) is 29.9. The monoisotopic (exact) mass is 414 g/mol. The molecule has 0 amide bonds. The summed E-state index contributed by atoms with van der Waals surface area (Å²) in [6, 6.07) is 20.8. The van der Waals surface area contributed by atoms with Crippen molar-refractivity contribution in [3.8, 4) is 0 Å². The first-order valence-corrected chi connectivity index (χ1v) is 10.8. The number of carbonyl (C=O) groups is 2. The Morgan fingerprint density at radius 3 is 2.32 bits per heavy atom. The smallest absolute Gasteiger partial charge is 0.374 e. The number of benzene rings is 2. The molecule has 1 aromatic heterocycles. The third-order valence-corrected chi connectivity index (χ3v) is 7.27. The van der Waals surface area contributed by atoms with Gasteiger partial charge in [-0.3, -0.25) is 0 Å². The van der Waals surface area contributed by atoms with E-state index in [1.54, 1.807) is 24.3 Å². The van der Waals surface area contributed by atoms with Gasteiger partial charge in [0.2, 0.25) is 5.76 Å². The summed E-state index contributed by atoms with van der Waals surface area (Å²) in [5.41, 5.74) is 3.22. The minimum atomic E-state index is -0.504. The Hall–Kier alpha value is -3.34. The maximum Gasteiger partial charge on any atom is 0.374 e. The lowest BCUT2D eigenvalue weighted by atomic mass is 9.76. The molecule has 0 radical (unpaired) electrons. The standard InChI is InChI=1S/C26H22O5/c27-25(15-7-2-1-3-8-15)30-24-20-14-19(23(24)31-26(28)21-11-6-12-29-21)18-13-16-9-4-5-10-17(16)22(18)20/h1-12,18-20,22-24H,13-14H2. The van der Waals surface area contributed by atoms with Crippen LogP contribution in [0, 0.1) is 17.8 Å². The SMILES string of the molecule is O=C(OC1C2CC(C3Cc4ccccc4C32)C1OC(=O)c1ccco1)c1ccccc1. The molecule has 2 aromatic carbocycles. The van der Waals surface area contributed by atoms with Crippen molar-refractivity contribution in [3.63, 3.8) is 0 Å². The number of hydrogen-bond donors (Lipinski definition) is 0. The van der Waals surface area contributed by atoms with Crippen molar-refractivity contribution in [3.05, 3.63) is 95.4 Å². The fraction of sp³-hybridized carbons (Fsp3) is 0.308. The van der Waals surface area contributed by atoms with Gasteiger partial charge in [0, 0.05) is 11.8 Å². The van der Waals surface area contributed by atoms with Crippen molar-refractivity contribution in [2.75, 3.05) is 0 Å². The molecule has 3 aromatic rings. The van der Waals surface area contributed by atoms with E-state index >= 15 is 0 Å². The van der Waals surface area contributed by atoms with Crippen molar-refractivity contribution in [1.29, 1.82) is 0 Å². The molecule has 5 heteroatoms. The Kier molecular flexibility index (Phi) is 4.23. The van der Waals surface area contributed by atoms with Gasteiger partial charge in [-0.25, -0.2) is 9.59 Å². The van der Waals surface area contributed by atoms with Crippen molar-refractivity contribution in [2.45, 2.75) is 31.0 Å². The van der Waals surface area contributed by atoms with Gasteiger partial charge >= 0.3 is 11.9 Å². The lowest BCUT2D eigenvalue weighted by Gasteiger charge is -2.37. The predicted molar refractivity (Wildman–Crippen MR) is 112 cm³/mol. The van der Waals surface area contributed by atoms with E-state index in [4.69, 9.17) is 13.9 Å². The molecule has 3 aliphatic rings. The second-order valence-electron chi connectivity index (χ2n) is 8.74. The van der Waals surface area contributed by atoms with Crippen LogP contribution in [0.5, 0.6) is 0 Å². The van der Waals surface area contributed by atoms with Crippen LogP contribution in [0.4, 0.5) is 0 Å². The lowest BCUT2D eigenvalue weighted by molar-refractivity contribution is -0.0709. The Bertz CT molecular complexity index is 1120. The maximum absolute atomic E-state index is 12.9. The molecule has 31 heavy (non-hydrogen) atoms. The zero-order chi connectivity index (χ0) is 20.9. The van der Waals surface area contributed by atoms with Gasteiger partial charge in [0.15, 0.2) is 0 Å². The van der Waals surface area contributed by atoms with Gasteiger partial charge < -0.3 is 13.9 Å². The number of fused-ring (bicyclic) bond motifs is 7. The van der Waals surface area contributed by atoms with E-state index in [2.05, 4.69) is 24.3 Å². The molecular weight excluding hydrogens is 392 g/mol. The summed E-state index contributed by atoms with van der Waals surface area (Å²) in [5.74, 6) is 0.338. The van der Waals surface area contributed by atoms with E-state index in [0.717, 1.165) is 12.8 Å². The Morgan fingerprint density at radius 1 is 0.774 bits per heavy atom. The first-order valence-electron chi connectivity index (χ1n) is 10.8. The van der Waals surface area contributed by atoms with Crippen LogP contribution >= 0.6 is 0 Å². The molecule has 0 spiro atoms. The highest BCUT2D eigenvalue weighted by atomic mass is 16.6. The highest BCUT2D eigenvalue weighted by Gasteiger charge is 2.63. The fourth-order valence-corrected chi connectivity index (χ4v) is 6.11. The van der Waals surface area contributed by atoms with E-state index in [1.165, 1.54) is 17.4 Å². The van der Waals surface area contributed by atoms with Gasteiger partial charge in [-0.2, -0.15) is 0 Å². The fourth-order valence-electron chi connectivity index (χ4n) is 6.11. The zero-order valence-electron chi connectivity index (χ0n) is 16.8. The number of furan rings is 1. The third kappa shape index (κ3) is 2.91. The molecule has 0 aliphatic heterocycles. The molecule has 0 saturated heterocycles. The van der Waals surface area contributed by atoms with E-state index in [9.17, 15) is 9.59 Å². The molecule has 156 valence electrons. The van der Waals surface area contributed by atoms with Gasteiger partial charge in [-0.15, -0.1) is 0 Å². The Labute approximate surface area is 180 Å². The third-order valence-electron chi connectivity index (χ3n) is 7.27. The van der Waals surface area contributed by atoms with Gasteiger partial charge in [0.25, 0.3) is 0 Å². The minimum Gasteiger partial charge on any atom is -0.457 e. The van der Waals surface area contributed by atoms with E-state index < -0.39 is 18.2 Å². The first kappa shape index (κ1) is 18.4. The van der Waals surface area contributed by atoms with Crippen molar-refractivity contribution < 1.29 is 23.5 Å². The Morgan fingerprint density at radius 2 is 1.52 bits per heavy atom. The highest BCUT2D eigenvalue weighted by molar-refractivity contribution is 5.89. The highest BCUT2D eigenvalue weighted by Crippen LogP contribution is 2.62. The topological polar surface area (TPSA) is 65.7 Å². The number of rotatable bonds is 4. The molecule has 6 atom stereocenters. The van der Waals surface area contributed by atoms with Crippen LogP contribution in [0.25, 0.3) is 0 Å². The number of hydrogen-bond acceptors (Lipinski definition) is 5. The van der Waals surface area contributed by atoms with E-state index in [1.807, 2.05) is 18.2 Å². The summed E-state index contributed by atoms with van der Waals surface area (Å²) in [6.45, 7) is 0.